The molecule has 2 heterocycles. The minimum Gasteiger partial charge on any atom is -0.365 e. The normalized spacial score (nSPS) is 31.7. The summed E-state index contributed by atoms with van der Waals surface area (Å²) in [7, 11) is 0. The maximum atomic E-state index is 12.8. The van der Waals surface area contributed by atoms with Gasteiger partial charge in [0.1, 0.15) is 11.5 Å². The fraction of sp³-hybridized carbons (Fsp3) is 0.737. The molecule has 27 heavy (non-hydrogen) atoms. The number of hydrogen-bond acceptors (Lipinski definition) is 4. The predicted molar refractivity (Wildman–Crippen MR) is 94.1 cm³/mol. The first-order valence-electron chi connectivity index (χ1n) is 9.59. The molecule has 0 unspecified atom stereocenters. The van der Waals surface area contributed by atoms with Crippen LogP contribution in [0.3, 0.4) is 0 Å². The Bertz CT molecular complexity index is 729. The summed E-state index contributed by atoms with van der Waals surface area (Å²) in [5, 5.41) is 2.78. The Morgan fingerprint density at radius 2 is 2.22 bits per heavy atom. The van der Waals surface area contributed by atoms with E-state index in [-0.39, 0.29) is 29.7 Å². The fourth-order valence-corrected chi connectivity index (χ4v) is 5.20. The molecule has 3 atom stereocenters. The molecule has 1 aromatic rings. The van der Waals surface area contributed by atoms with E-state index in [0.717, 1.165) is 6.42 Å². The molecule has 1 N–H and O–H groups in total. The molecule has 0 aromatic carbocycles. The van der Waals surface area contributed by atoms with Gasteiger partial charge in [-0.2, -0.15) is 0 Å². The van der Waals surface area contributed by atoms with E-state index in [0.29, 0.717) is 24.9 Å². The molecule has 1 saturated heterocycles. The lowest BCUT2D eigenvalue weighted by atomic mass is 9.81. The van der Waals surface area contributed by atoms with Crippen LogP contribution in [0.2, 0.25) is 0 Å². The molecule has 4 rings (SSSR count). The van der Waals surface area contributed by atoms with Gasteiger partial charge >= 0.3 is 6.03 Å². The Hall–Kier alpha value is -1.83. The minimum atomic E-state index is -2.65. The fourth-order valence-electron chi connectivity index (χ4n) is 5.20. The van der Waals surface area contributed by atoms with Gasteiger partial charge in [-0.1, -0.05) is 0 Å². The highest BCUT2D eigenvalue weighted by Gasteiger charge is 2.57. The van der Waals surface area contributed by atoms with E-state index < -0.39 is 12.0 Å². The third-order valence-electron chi connectivity index (χ3n) is 6.06. The van der Waals surface area contributed by atoms with E-state index >= 15 is 0 Å². The van der Waals surface area contributed by atoms with Crippen molar-refractivity contribution in [3.63, 3.8) is 0 Å². The number of carbonyl (C=O) groups excluding carboxylic acids is 1. The Morgan fingerprint density at radius 1 is 1.41 bits per heavy atom. The van der Waals surface area contributed by atoms with Gasteiger partial charge in [0.05, 0.1) is 30.8 Å². The topological polar surface area (TPSA) is 67.4 Å². The van der Waals surface area contributed by atoms with Crippen LogP contribution in [0.5, 0.6) is 0 Å². The zero-order chi connectivity index (χ0) is 19.2. The summed E-state index contributed by atoms with van der Waals surface area (Å²) in [5.41, 5.74) is -0.983. The molecule has 1 aromatic heterocycles. The molecule has 2 amide bonds. The first kappa shape index (κ1) is 18.5. The minimum absolute atomic E-state index is 0.0240. The Balaban J connectivity index is 1.43. The molecule has 1 spiro atoms. The molecule has 2 saturated carbocycles. The van der Waals surface area contributed by atoms with Crippen molar-refractivity contribution in [2.24, 2.45) is 11.8 Å². The number of rotatable bonds is 3. The number of fused-ring (bicyclic) bond motifs is 3. The Kier molecular flexibility index (Phi) is 4.56. The number of halogens is 2. The zero-order valence-electron chi connectivity index (χ0n) is 15.8. The van der Waals surface area contributed by atoms with Crippen LogP contribution in [0.25, 0.3) is 0 Å². The lowest BCUT2D eigenvalue weighted by Crippen LogP contribution is -2.64. The quantitative estimate of drug-likeness (QED) is 0.874. The summed E-state index contributed by atoms with van der Waals surface area (Å²) in [6.45, 7) is 5.15. The first-order chi connectivity index (χ1) is 12.8. The van der Waals surface area contributed by atoms with Gasteiger partial charge in [0.25, 0.3) is 6.43 Å². The molecular weight excluding hydrogens is 354 g/mol. The predicted octanol–water partition coefficient (Wildman–Crippen LogP) is 3.29. The van der Waals surface area contributed by atoms with Crippen molar-refractivity contribution < 1.29 is 18.3 Å². The summed E-state index contributed by atoms with van der Waals surface area (Å²) >= 11 is 0. The number of aromatic nitrogens is 2. The van der Waals surface area contributed by atoms with E-state index in [2.05, 4.69) is 15.3 Å². The molecular formula is C19H26F2N4O2. The second-order valence-electron chi connectivity index (χ2n) is 8.72. The van der Waals surface area contributed by atoms with E-state index in [1.54, 1.807) is 4.90 Å². The molecule has 148 valence electrons. The van der Waals surface area contributed by atoms with E-state index in [1.165, 1.54) is 31.5 Å². The molecule has 2 bridgehead atoms. The van der Waals surface area contributed by atoms with Crippen LogP contribution < -0.4 is 5.32 Å². The number of nitrogens with one attached hydrogen (secondary N) is 1. The molecule has 2 aliphatic carbocycles. The van der Waals surface area contributed by atoms with Gasteiger partial charge in [0, 0.05) is 6.20 Å². The molecule has 6 nitrogen and oxygen atoms in total. The van der Waals surface area contributed by atoms with E-state index in [1.807, 2.05) is 13.8 Å². The molecule has 1 aliphatic heterocycles. The average Bonchev–Trinajstić information content (AvgIpc) is 3.19. The van der Waals surface area contributed by atoms with Crippen LogP contribution in [0.15, 0.2) is 12.3 Å². The number of nitrogens with zero attached hydrogens (tertiary/aromatic N) is 3. The summed E-state index contributed by atoms with van der Waals surface area (Å²) in [4.78, 5) is 22.4. The van der Waals surface area contributed by atoms with Crippen molar-refractivity contribution in [1.82, 2.24) is 20.2 Å². The zero-order valence-corrected chi connectivity index (χ0v) is 15.8. The van der Waals surface area contributed by atoms with Crippen LogP contribution in [0.1, 0.15) is 57.5 Å². The standard InChI is InChI=1S/C19H26F2N4O2/c1-18(2)10-25(11-19(27-18)8-12-3-4-13(19)7-12)17(26)23-9-15-22-6-5-14(24-15)16(20)21/h5-6,12-13,16H,3-4,7-11H2,1-2H3,(H,23,26)/t12-,13+,19+/m1/s1. The summed E-state index contributed by atoms with van der Waals surface area (Å²) < 4.78 is 32.0. The third kappa shape index (κ3) is 3.63. The number of ether oxygens (including phenoxy) is 1. The number of alkyl halides is 2. The Labute approximate surface area is 157 Å². The SMILES string of the molecule is CC1(C)CN(C(=O)NCc2nccc(C(F)F)n2)C[C@]2(C[C@@H]3CC[C@H]2C3)O1. The van der Waals surface area contributed by atoms with Crippen molar-refractivity contribution in [2.45, 2.75) is 63.7 Å². The number of hydrogen-bond donors (Lipinski definition) is 1. The van der Waals surface area contributed by atoms with Gasteiger partial charge in [-0.05, 0) is 57.4 Å². The van der Waals surface area contributed by atoms with Gasteiger partial charge < -0.3 is 15.0 Å². The molecule has 3 aliphatic rings. The maximum absolute atomic E-state index is 12.8. The highest BCUT2D eigenvalue weighted by molar-refractivity contribution is 5.74. The number of morpholine rings is 1. The highest BCUT2D eigenvalue weighted by atomic mass is 19.3. The van der Waals surface area contributed by atoms with Crippen molar-refractivity contribution >= 4 is 6.03 Å². The largest absolute Gasteiger partial charge is 0.365 e. The van der Waals surface area contributed by atoms with Crippen molar-refractivity contribution in [2.75, 3.05) is 13.1 Å². The van der Waals surface area contributed by atoms with Crippen LogP contribution in [0.4, 0.5) is 13.6 Å². The number of amides is 2. The second-order valence-corrected chi connectivity index (χ2v) is 8.72. The summed E-state index contributed by atoms with van der Waals surface area (Å²) in [6, 6.07) is 0.957. The smallest absolute Gasteiger partial charge is 0.317 e. The number of carbonyl (C=O) groups is 1. The van der Waals surface area contributed by atoms with Crippen LogP contribution >= 0.6 is 0 Å². The maximum Gasteiger partial charge on any atom is 0.317 e. The molecule has 0 radical (unpaired) electrons. The summed E-state index contributed by atoms with van der Waals surface area (Å²) in [6.07, 6.45) is 3.28. The highest BCUT2D eigenvalue weighted by Crippen LogP contribution is 2.55. The van der Waals surface area contributed by atoms with Crippen LogP contribution in [-0.2, 0) is 11.3 Å². The first-order valence-corrected chi connectivity index (χ1v) is 9.59. The molecule has 3 fully saturated rings. The Morgan fingerprint density at radius 3 is 2.89 bits per heavy atom. The van der Waals surface area contributed by atoms with Crippen molar-refractivity contribution in [3.8, 4) is 0 Å². The second kappa shape index (κ2) is 6.65. The summed E-state index contributed by atoms with van der Waals surface area (Å²) in [5.74, 6) is 1.41. The van der Waals surface area contributed by atoms with Gasteiger partial charge in [-0.15, -0.1) is 0 Å². The van der Waals surface area contributed by atoms with E-state index in [9.17, 15) is 13.6 Å². The third-order valence-corrected chi connectivity index (χ3v) is 6.06. The van der Waals surface area contributed by atoms with Crippen LogP contribution in [-0.4, -0.2) is 45.2 Å². The van der Waals surface area contributed by atoms with Crippen LogP contribution in [0, 0.1) is 11.8 Å². The van der Waals surface area contributed by atoms with Crippen molar-refractivity contribution in [1.29, 1.82) is 0 Å². The van der Waals surface area contributed by atoms with E-state index in [4.69, 9.17) is 4.74 Å². The van der Waals surface area contributed by atoms with Gasteiger partial charge in [-0.3, -0.25) is 0 Å². The number of urea groups is 1. The van der Waals surface area contributed by atoms with Gasteiger partial charge in [0.2, 0.25) is 0 Å². The average molecular weight is 380 g/mol. The lowest BCUT2D eigenvalue weighted by molar-refractivity contribution is -0.208. The van der Waals surface area contributed by atoms with Crippen molar-refractivity contribution in [3.05, 3.63) is 23.8 Å². The van der Waals surface area contributed by atoms with Gasteiger partial charge in [-0.25, -0.2) is 23.5 Å². The lowest BCUT2D eigenvalue weighted by Gasteiger charge is -2.52. The van der Waals surface area contributed by atoms with Gasteiger partial charge in [0.15, 0.2) is 0 Å². The monoisotopic (exact) mass is 380 g/mol. The molecule has 8 heteroatoms.